The second-order valence-corrected chi connectivity index (χ2v) is 8.06. The van der Waals surface area contributed by atoms with Crippen molar-refractivity contribution in [2.45, 2.75) is 19.0 Å². The molecule has 0 unspecified atom stereocenters. The van der Waals surface area contributed by atoms with Crippen molar-refractivity contribution in [3.8, 4) is 0 Å². The number of nitrogens with two attached hydrogens (primary N) is 1. The molecule has 4 aromatic carbocycles. The van der Waals surface area contributed by atoms with Gasteiger partial charge in [0.1, 0.15) is 6.04 Å². The molecule has 0 spiro atoms. The van der Waals surface area contributed by atoms with Gasteiger partial charge >= 0.3 is 0 Å². The molecule has 0 heterocycles. The van der Waals surface area contributed by atoms with Crippen LogP contribution in [0.2, 0.25) is 0 Å². The van der Waals surface area contributed by atoms with Gasteiger partial charge in [-0.15, -0.1) is 0 Å². The molecule has 0 aliphatic carbocycles. The Balaban J connectivity index is 1.39. The van der Waals surface area contributed by atoms with Crippen molar-refractivity contribution in [1.82, 2.24) is 5.32 Å². The van der Waals surface area contributed by atoms with Crippen LogP contribution in [0, 0.1) is 0 Å². The molecular weight excluding hydrogens is 426 g/mol. The van der Waals surface area contributed by atoms with E-state index in [0.29, 0.717) is 12.1 Å². The average molecular weight is 452 g/mol. The molecule has 0 aliphatic heterocycles. The Morgan fingerprint density at radius 2 is 1.41 bits per heavy atom. The smallest absolute Gasteiger partial charge is 0.287 e. The van der Waals surface area contributed by atoms with Gasteiger partial charge in [0.2, 0.25) is 5.78 Å². The van der Waals surface area contributed by atoms with Gasteiger partial charge in [0.05, 0.1) is 0 Å². The molecule has 170 valence electrons. The van der Waals surface area contributed by atoms with Crippen molar-refractivity contribution < 1.29 is 14.4 Å². The Morgan fingerprint density at radius 3 is 2.12 bits per heavy atom. The minimum absolute atomic E-state index is 0.183. The molecule has 0 radical (unpaired) electrons. The first kappa shape index (κ1) is 22.7. The zero-order chi connectivity index (χ0) is 23.9. The first-order valence-corrected chi connectivity index (χ1v) is 11.0. The number of primary amides is 1. The number of carbonyl (C=O) groups is 3. The molecule has 0 saturated carbocycles. The molecule has 4 N–H and O–H groups in total. The summed E-state index contributed by atoms with van der Waals surface area (Å²) in [5.41, 5.74) is 8.41. The number of nitrogens with one attached hydrogen (secondary N) is 2. The van der Waals surface area contributed by atoms with Crippen LogP contribution < -0.4 is 16.4 Å². The van der Waals surface area contributed by atoms with Crippen molar-refractivity contribution in [2.24, 2.45) is 5.73 Å². The molecule has 0 saturated heterocycles. The van der Waals surface area contributed by atoms with Gasteiger partial charge in [0.25, 0.3) is 11.8 Å². The van der Waals surface area contributed by atoms with Gasteiger partial charge in [0.15, 0.2) is 0 Å². The van der Waals surface area contributed by atoms with Gasteiger partial charge in [-0.25, -0.2) is 0 Å². The first-order valence-electron chi connectivity index (χ1n) is 11.0. The van der Waals surface area contributed by atoms with E-state index in [1.54, 1.807) is 12.1 Å². The Kier molecular flexibility index (Phi) is 6.98. The molecule has 2 amide bonds. The summed E-state index contributed by atoms with van der Waals surface area (Å²) in [7, 11) is 0. The van der Waals surface area contributed by atoms with Gasteiger partial charge in [-0.2, -0.15) is 0 Å². The van der Waals surface area contributed by atoms with Crippen LogP contribution in [0.4, 0.5) is 5.69 Å². The Labute approximate surface area is 197 Å². The summed E-state index contributed by atoms with van der Waals surface area (Å²) >= 11 is 0. The first-order chi connectivity index (χ1) is 16.5. The zero-order valence-corrected chi connectivity index (χ0v) is 18.5. The third kappa shape index (κ3) is 5.66. The molecule has 4 rings (SSSR count). The topological polar surface area (TPSA) is 101 Å². The summed E-state index contributed by atoms with van der Waals surface area (Å²) in [6.07, 6.45) is 0.183. The number of rotatable bonds is 9. The lowest BCUT2D eigenvalue weighted by Gasteiger charge is -2.16. The van der Waals surface area contributed by atoms with Gasteiger partial charge in [-0.1, -0.05) is 72.8 Å². The van der Waals surface area contributed by atoms with Crippen molar-refractivity contribution in [1.29, 1.82) is 0 Å². The molecule has 6 heteroatoms. The van der Waals surface area contributed by atoms with E-state index in [9.17, 15) is 14.4 Å². The molecular formula is C28H25N3O3. The highest BCUT2D eigenvalue weighted by Gasteiger charge is 2.25. The second-order valence-electron chi connectivity index (χ2n) is 8.06. The molecule has 0 bridgehead atoms. The third-order valence-electron chi connectivity index (χ3n) is 5.61. The highest BCUT2D eigenvalue weighted by atomic mass is 16.2. The lowest BCUT2D eigenvalue weighted by molar-refractivity contribution is -0.137. The summed E-state index contributed by atoms with van der Waals surface area (Å²) in [4.78, 5) is 36.5. The minimum Gasteiger partial charge on any atom is -0.381 e. The van der Waals surface area contributed by atoms with E-state index in [-0.39, 0.29) is 6.42 Å². The zero-order valence-electron chi connectivity index (χ0n) is 18.5. The highest BCUT2D eigenvalue weighted by Crippen LogP contribution is 2.19. The fourth-order valence-electron chi connectivity index (χ4n) is 3.75. The van der Waals surface area contributed by atoms with Crippen molar-refractivity contribution in [3.05, 3.63) is 114 Å². The number of benzene rings is 4. The van der Waals surface area contributed by atoms with Crippen LogP contribution in [0.3, 0.4) is 0 Å². The van der Waals surface area contributed by atoms with E-state index >= 15 is 0 Å². The fraction of sp³-hybridized carbons (Fsp3) is 0.107. The molecule has 6 nitrogen and oxygen atoms in total. The van der Waals surface area contributed by atoms with Crippen LogP contribution in [0.5, 0.6) is 0 Å². The average Bonchev–Trinajstić information content (AvgIpc) is 2.87. The Hall–Kier alpha value is -4.45. The SMILES string of the molecule is NC(=O)C(=O)[C@H](Cc1ccccc1)NC(=O)c1ccc(CNc2ccc3ccccc3c2)cc1. The van der Waals surface area contributed by atoms with Gasteiger partial charge in [-0.05, 0) is 46.2 Å². The van der Waals surface area contributed by atoms with Gasteiger partial charge in [0, 0.05) is 24.2 Å². The van der Waals surface area contributed by atoms with Crippen molar-refractivity contribution in [3.63, 3.8) is 0 Å². The number of hydrogen-bond acceptors (Lipinski definition) is 4. The van der Waals surface area contributed by atoms with E-state index in [4.69, 9.17) is 5.73 Å². The maximum atomic E-state index is 12.8. The van der Waals surface area contributed by atoms with E-state index in [1.807, 2.05) is 60.7 Å². The van der Waals surface area contributed by atoms with Crippen LogP contribution >= 0.6 is 0 Å². The summed E-state index contributed by atoms with van der Waals surface area (Å²) in [6.45, 7) is 0.594. The predicted octanol–water partition coefficient (Wildman–Crippen LogP) is 3.85. The van der Waals surface area contributed by atoms with Crippen molar-refractivity contribution in [2.75, 3.05) is 5.32 Å². The van der Waals surface area contributed by atoms with Gasteiger partial charge in [-0.3, -0.25) is 14.4 Å². The number of Topliss-reactive ketones (excluding diaryl/α,β-unsaturated/α-hetero) is 1. The number of anilines is 1. The molecule has 0 aromatic heterocycles. The normalized spacial score (nSPS) is 11.5. The lowest BCUT2D eigenvalue weighted by atomic mass is 10.0. The molecule has 0 aliphatic rings. The molecule has 34 heavy (non-hydrogen) atoms. The summed E-state index contributed by atoms with van der Waals surface area (Å²) in [5.74, 6) is -2.34. The van der Waals surface area contributed by atoms with E-state index in [2.05, 4.69) is 34.9 Å². The molecule has 1 atom stereocenters. The van der Waals surface area contributed by atoms with Gasteiger partial charge < -0.3 is 16.4 Å². The van der Waals surface area contributed by atoms with E-state index < -0.39 is 23.6 Å². The van der Waals surface area contributed by atoms with Crippen LogP contribution in [0.25, 0.3) is 10.8 Å². The van der Waals surface area contributed by atoms with E-state index in [1.165, 1.54) is 5.39 Å². The van der Waals surface area contributed by atoms with Crippen LogP contribution in [-0.4, -0.2) is 23.6 Å². The highest BCUT2D eigenvalue weighted by molar-refractivity contribution is 6.38. The molecule has 4 aromatic rings. The maximum Gasteiger partial charge on any atom is 0.287 e. The number of fused-ring (bicyclic) bond motifs is 1. The Morgan fingerprint density at radius 1 is 0.735 bits per heavy atom. The number of amides is 2. The molecule has 0 fully saturated rings. The van der Waals surface area contributed by atoms with Crippen LogP contribution in [-0.2, 0) is 22.6 Å². The van der Waals surface area contributed by atoms with Crippen LogP contribution in [0.15, 0.2) is 97.1 Å². The fourth-order valence-corrected chi connectivity index (χ4v) is 3.75. The monoisotopic (exact) mass is 451 g/mol. The lowest BCUT2D eigenvalue weighted by Crippen LogP contribution is -2.47. The number of carbonyl (C=O) groups excluding carboxylic acids is 3. The third-order valence-corrected chi connectivity index (χ3v) is 5.61. The Bertz CT molecular complexity index is 1320. The maximum absolute atomic E-state index is 12.8. The van der Waals surface area contributed by atoms with Crippen LogP contribution in [0.1, 0.15) is 21.5 Å². The quantitative estimate of drug-likeness (QED) is 0.337. The number of hydrogen-bond donors (Lipinski definition) is 3. The summed E-state index contributed by atoms with van der Waals surface area (Å²) in [5, 5.41) is 8.39. The minimum atomic E-state index is -1.07. The van der Waals surface area contributed by atoms with Crippen molar-refractivity contribution >= 4 is 34.1 Å². The summed E-state index contributed by atoms with van der Waals surface area (Å²) < 4.78 is 0. The van der Waals surface area contributed by atoms with E-state index in [0.717, 1.165) is 22.2 Å². The largest absolute Gasteiger partial charge is 0.381 e. The number of ketones is 1. The summed E-state index contributed by atoms with van der Waals surface area (Å²) in [6, 6.07) is 29.6. The predicted molar refractivity (Wildman–Crippen MR) is 133 cm³/mol. The second kappa shape index (κ2) is 10.4. The standard InChI is InChI=1S/C28H25N3O3/c29-27(33)26(32)25(16-19-6-2-1-3-7-19)31-28(34)22-12-10-20(11-13-22)18-30-24-15-14-21-8-4-5-9-23(21)17-24/h1-15,17,25,30H,16,18H2,(H2,29,33)(H,31,34)/t25-/m0/s1.